The van der Waals surface area contributed by atoms with Gasteiger partial charge in [-0.1, -0.05) is 6.58 Å². The maximum atomic E-state index is 10.5. The fraction of sp³-hybridized carbons (Fsp3) is 0.400. The Morgan fingerprint density at radius 2 is 2.00 bits per heavy atom. The molecule has 0 saturated heterocycles. The van der Waals surface area contributed by atoms with E-state index in [-0.39, 0.29) is 35.1 Å². The van der Waals surface area contributed by atoms with Gasteiger partial charge >= 0.3 is 35.5 Å². The summed E-state index contributed by atoms with van der Waals surface area (Å²) in [6.45, 7) is 4.53. The van der Waals surface area contributed by atoms with E-state index in [1.165, 1.54) is 6.92 Å². The summed E-state index contributed by atoms with van der Waals surface area (Å²) in [7, 11) is -4.49. The zero-order valence-corrected chi connectivity index (χ0v) is 9.68. The molecule has 0 rings (SSSR count). The fourth-order valence-electron chi connectivity index (χ4n) is 0.249. The van der Waals surface area contributed by atoms with E-state index < -0.39 is 22.0 Å². The summed E-state index contributed by atoms with van der Waals surface area (Å²) >= 11 is 0. The molecule has 0 aliphatic rings. The van der Waals surface area contributed by atoms with Crippen LogP contribution < -0.4 is 29.6 Å². The second kappa shape index (κ2) is 5.71. The molecular formula is C5H7NaO5S. The van der Waals surface area contributed by atoms with Gasteiger partial charge in [-0.05, 0) is 6.92 Å². The molecule has 0 aromatic heterocycles. The SMILES string of the molecule is C=C(C)C(=O)OCS(=O)(=O)[O-].[Na+]. The molecule has 0 spiro atoms. The minimum Gasteiger partial charge on any atom is -0.745 e. The van der Waals surface area contributed by atoms with Crippen LogP contribution >= 0.6 is 0 Å². The minimum absolute atomic E-state index is 0. The average Bonchev–Trinajstić information content (AvgIpc) is 1.80. The molecule has 7 heteroatoms. The molecule has 0 aliphatic carbocycles. The van der Waals surface area contributed by atoms with Crippen LogP contribution in [0.5, 0.6) is 0 Å². The van der Waals surface area contributed by atoms with Gasteiger partial charge in [0, 0.05) is 5.57 Å². The first kappa shape index (κ1) is 14.6. The van der Waals surface area contributed by atoms with Crippen molar-refractivity contribution in [2.24, 2.45) is 0 Å². The van der Waals surface area contributed by atoms with E-state index in [0.717, 1.165) is 0 Å². The molecule has 0 aromatic rings. The van der Waals surface area contributed by atoms with Gasteiger partial charge in [-0.3, -0.25) is 0 Å². The fourth-order valence-corrected chi connectivity index (χ4v) is 0.500. The standard InChI is InChI=1S/C5H8O5S.Na/c1-4(2)5(6)10-3-11(7,8)9;/h1,3H2,2H3,(H,7,8,9);/q;+1/p-1. The van der Waals surface area contributed by atoms with Crippen molar-refractivity contribution >= 4 is 16.1 Å². The Labute approximate surface area is 92.8 Å². The van der Waals surface area contributed by atoms with Crippen LogP contribution in [0.3, 0.4) is 0 Å². The molecule has 0 amide bonds. The largest absolute Gasteiger partial charge is 1.00 e. The van der Waals surface area contributed by atoms with E-state index in [9.17, 15) is 17.8 Å². The van der Waals surface area contributed by atoms with Gasteiger partial charge in [-0.25, -0.2) is 13.2 Å². The van der Waals surface area contributed by atoms with Crippen LogP contribution in [0.2, 0.25) is 0 Å². The molecule has 0 heterocycles. The van der Waals surface area contributed by atoms with E-state index in [0.29, 0.717) is 0 Å². The molecule has 0 N–H and O–H groups in total. The third kappa shape index (κ3) is 8.22. The van der Waals surface area contributed by atoms with E-state index in [4.69, 9.17) is 0 Å². The Bertz CT molecular complexity index is 268. The number of hydrogen-bond donors (Lipinski definition) is 0. The Morgan fingerprint density at radius 1 is 1.58 bits per heavy atom. The molecule has 5 nitrogen and oxygen atoms in total. The normalized spacial score (nSPS) is 9.83. The number of rotatable bonds is 3. The molecular weight excluding hydrogens is 195 g/mol. The van der Waals surface area contributed by atoms with Crippen molar-refractivity contribution in [2.75, 3.05) is 5.94 Å². The predicted octanol–water partition coefficient (Wildman–Crippen LogP) is -3.39. The van der Waals surface area contributed by atoms with Crippen LogP contribution in [-0.4, -0.2) is 24.9 Å². The summed E-state index contributed by atoms with van der Waals surface area (Å²) in [6.07, 6.45) is 0. The molecule has 0 unspecified atom stereocenters. The molecule has 64 valence electrons. The molecule has 0 fully saturated rings. The molecule has 0 saturated carbocycles. The van der Waals surface area contributed by atoms with Gasteiger partial charge in [0.2, 0.25) is 0 Å². The van der Waals surface area contributed by atoms with E-state index in [1.54, 1.807) is 0 Å². The zero-order valence-electron chi connectivity index (χ0n) is 6.86. The smallest absolute Gasteiger partial charge is 0.745 e. The van der Waals surface area contributed by atoms with Crippen molar-refractivity contribution < 1.29 is 52.1 Å². The molecule has 0 aromatic carbocycles. The van der Waals surface area contributed by atoms with Crippen LogP contribution in [0.1, 0.15) is 6.92 Å². The maximum Gasteiger partial charge on any atom is 1.00 e. The summed E-state index contributed by atoms with van der Waals surface area (Å²) < 4.78 is 33.7. The zero-order chi connectivity index (χ0) is 9.07. The van der Waals surface area contributed by atoms with Crippen molar-refractivity contribution in [1.29, 1.82) is 0 Å². The van der Waals surface area contributed by atoms with Crippen molar-refractivity contribution in [1.82, 2.24) is 0 Å². The molecule has 12 heavy (non-hydrogen) atoms. The van der Waals surface area contributed by atoms with Crippen molar-refractivity contribution in [2.45, 2.75) is 6.92 Å². The Kier molecular flexibility index (Phi) is 6.97. The summed E-state index contributed by atoms with van der Waals surface area (Å²) in [5.41, 5.74) is 0.0497. The Morgan fingerprint density at radius 3 is 2.25 bits per heavy atom. The van der Waals surface area contributed by atoms with E-state index in [2.05, 4.69) is 11.3 Å². The summed E-state index contributed by atoms with van der Waals surface area (Å²) in [5.74, 6) is -2.02. The maximum absolute atomic E-state index is 10.5. The molecule has 0 radical (unpaired) electrons. The van der Waals surface area contributed by atoms with Crippen LogP contribution in [-0.2, 0) is 19.6 Å². The first-order valence-corrected chi connectivity index (χ1v) is 4.17. The number of hydrogen-bond acceptors (Lipinski definition) is 5. The second-order valence-corrected chi connectivity index (χ2v) is 3.24. The van der Waals surface area contributed by atoms with Crippen molar-refractivity contribution in [3.63, 3.8) is 0 Å². The van der Waals surface area contributed by atoms with Gasteiger partial charge in [-0.15, -0.1) is 0 Å². The molecule has 0 aliphatic heterocycles. The summed E-state index contributed by atoms with van der Waals surface area (Å²) in [4.78, 5) is 10.5. The van der Waals surface area contributed by atoms with Gasteiger partial charge in [0.05, 0.1) is 0 Å². The Balaban J connectivity index is 0. The van der Waals surface area contributed by atoms with E-state index in [1.807, 2.05) is 0 Å². The summed E-state index contributed by atoms with van der Waals surface area (Å²) in [6, 6.07) is 0. The number of ether oxygens (including phenoxy) is 1. The van der Waals surface area contributed by atoms with Gasteiger partial charge in [0.1, 0.15) is 10.1 Å². The van der Waals surface area contributed by atoms with Crippen molar-refractivity contribution in [3.05, 3.63) is 12.2 Å². The molecule has 0 bridgehead atoms. The van der Waals surface area contributed by atoms with Gasteiger partial charge < -0.3 is 9.29 Å². The molecule has 0 atom stereocenters. The van der Waals surface area contributed by atoms with Crippen LogP contribution in [0.15, 0.2) is 12.2 Å². The topological polar surface area (TPSA) is 83.5 Å². The quantitative estimate of drug-likeness (QED) is 0.206. The summed E-state index contributed by atoms with van der Waals surface area (Å²) in [5, 5.41) is 0. The first-order chi connectivity index (χ1) is 4.83. The Hall–Kier alpha value is 0.120. The number of carbonyl (C=O) groups is 1. The number of carbonyl (C=O) groups excluding carboxylic acids is 1. The average molecular weight is 202 g/mol. The predicted molar refractivity (Wildman–Crippen MR) is 35.5 cm³/mol. The minimum atomic E-state index is -4.49. The second-order valence-electron chi connectivity index (χ2n) is 1.89. The third-order valence-corrected chi connectivity index (χ3v) is 1.09. The van der Waals surface area contributed by atoms with Crippen LogP contribution in [0.25, 0.3) is 0 Å². The van der Waals surface area contributed by atoms with Crippen LogP contribution in [0, 0.1) is 0 Å². The van der Waals surface area contributed by atoms with Gasteiger partial charge in [0.15, 0.2) is 5.94 Å². The van der Waals surface area contributed by atoms with Gasteiger partial charge in [0.25, 0.3) is 0 Å². The third-order valence-electron chi connectivity index (χ3n) is 0.683. The monoisotopic (exact) mass is 202 g/mol. The number of esters is 1. The first-order valence-electron chi connectivity index (χ1n) is 2.59. The van der Waals surface area contributed by atoms with E-state index >= 15 is 0 Å². The van der Waals surface area contributed by atoms with Gasteiger partial charge in [-0.2, -0.15) is 0 Å². The van der Waals surface area contributed by atoms with Crippen LogP contribution in [0.4, 0.5) is 0 Å². The van der Waals surface area contributed by atoms with Crippen molar-refractivity contribution in [3.8, 4) is 0 Å².